The van der Waals surface area contributed by atoms with Crippen molar-refractivity contribution in [1.82, 2.24) is 0 Å². The minimum absolute atomic E-state index is 0.0169. The van der Waals surface area contributed by atoms with Crippen LogP contribution in [-0.4, -0.2) is 12.5 Å². The number of carbonyl (C=O) groups is 1. The summed E-state index contributed by atoms with van der Waals surface area (Å²) in [4.78, 5) is 12.0. The van der Waals surface area contributed by atoms with E-state index in [0.717, 1.165) is 22.1 Å². The maximum Gasteiger partial charge on any atom is 0.262 e. The molecule has 1 N–H and O–H groups in total. The molecule has 1 amide bonds. The molecule has 0 saturated heterocycles. The van der Waals surface area contributed by atoms with Crippen LogP contribution in [0.15, 0.2) is 40.9 Å². The highest BCUT2D eigenvalue weighted by molar-refractivity contribution is 9.10. The first-order valence-electron chi connectivity index (χ1n) is 7.28. The molecule has 0 atom stereocenters. The zero-order chi connectivity index (χ0) is 16.1. The smallest absolute Gasteiger partial charge is 0.262 e. The predicted molar refractivity (Wildman–Crippen MR) is 93.6 cm³/mol. The highest BCUT2D eigenvalue weighted by Gasteiger charge is 2.07. The van der Waals surface area contributed by atoms with E-state index in [4.69, 9.17) is 4.74 Å². The third-order valence-corrected chi connectivity index (χ3v) is 4.17. The first kappa shape index (κ1) is 16.6. The van der Waals surface area contributed by atoms with Crippen molar-refractivity contribution in [3.8, 4) is 5.75 Å². The Kier molecular flexibility index (Phi) is 5.61. The molecule has 4 heteroatoms. The zero-order valence-electron chi connectivity index (χ0n) is 13.1. The van der Waals surface area contributed by atoms with Gasteiger partial charge in [0.15, 0.2) is 6.61 Å². The number of benzene rings is 2. The predicted octanol–water partition coefficient (Wildman–Crippen LogP) is 4.65. The minimum atomic E-state index is -0.172. The molecule has 0 heterocycles. The van der Waals surface area contributed by atoms with Crippen LogP contribution in [0.5, 0.6) is 5.75 Å². The lowest BCUT2D eigenvalue weighted by molar-refractivity contribution is -0.118. The Morgan fingerprint density at radius 1 is 1.14 bits per heavy atom. The summed E-state index contributed by atoms with van der Waals surface area (Å²) in [6.07, 6.45) is 0.964. The number of anilines is 1. The molecule has 0 aliphatic carbocycles. The number of ether oxygens (including phenoxy) is 1. The summed E-state index contributed by atoms with van der Waals surface area (Å²) in [5.41, 5.74) is 4.36. The van der Waals surface area contributed by atoms with Gasteiger partial charge in [-0.1, -0.05) is 19.1 Å². The largest absolute Gasteiger partial charge is 0.483 e. The molecule has 2 aromatic carbocycles. The Morgan fingerprint density at radius 3 is 2.55 bits per heavy atom. The molecule has 0 unspecified atom stereocenters. The number of aryl methyl sites for hydroxylation is 3. The molecule has 116 valence electrons. The van der Waals surface area contributed by atoms with E-state index in [1.807, 2.05) is 50.2 Å². The van der Waals surface area contributed by atoms with Crippen LogP contribution in [0.3, 0.4) is 0 Å². The third-order valence-electron chi connectivity index (χ3n) is 3.55. The van der Waals surface area contributed by atoms with E-state index >= 15 is 0 Å². The van der Waals surface area contributed by atoms with Gasteiger partial charge >= 0.3 is 0 Å². The topological polar surface area (TPSA) is 38.3 Å². The van der Waals surface area contributed by atoms with Crippen molar-refractivity contribution in [1.29, 1.82) is 0 Å². The van der Waals surface area contributed by atoms with Crippen molar-refractivity contribution in [3.05, 3.63) is 57.6 Å². The summed E-state index contributed by atoms with van der Waals surface area (Å²) in [6.45, 7) is 6.14. The molecule has 0 radical (unpaired) electrons. The van der Waals surface area contributed by atoms with E-state index in [1.54, 1.807) is 0 Å². The number of rotatable bonds is 5. The molecule has 2 rings (SSSR count). The van der Waals surface area contributed by atoms with Gasteiger partial charge in [0.2, 0.25) is 0 Å². The lowest BCUT2D eigenvalue weighted by Gasteiger charge is -2.10. The van der Waals surface area contributed by atoms with Crippen LogP contribution in [0.2, 0.25) is 0 Å². The van der Waals surface area contributed by atoms with Crippen molar-refractivity contribution >= 4 is 27.5 Å². The zero-order valence-corrected chi connectivity index (χ0v) is 14.7. The SMILES string of the molecule is CCc1ccc(OCC(=O)Nc2ccc(C)c(C)c2)c(Br)c1. The summed E-state index contributed by atoms with van der Waals surface area (Å²) in [5.74, 6) is 0.502. The maximum absolute atomic E-state index is 12.0. The highest BCUT2D eigenvalue weighted by atomic mass is 79.9. The molecule has 0 spiro atoms. The van der Waals surface area contributed by atoms with E-state index in [2.05, 4.69) is 28.2 Å². The van der Waals surface area contributed by atoms with Crippen molar-refractivity contribution in [2.45, 2.75) is 27.2 Å². The number of hydrogen-bond acceptors (Lipinski definition) is 2. The second-order valence-corrected chi connectivity index (χ2v) is 6.11. The van der Waals surface area contributed by atoms with Gasteiger partial charge in [-0.3, -0.25) is 4.79 Å². The van der Waals surface area contributed by atoms with Gasteiger partial charge < -0.3 is 10.1 Å². The molecular weight excluding hydrogens is 342 g/mol. The lowest BCUT2D eigenvalue weighted by Crippen LogP contribution is -2.20. The fourth-order valence-electron chi connectivity index (χ4n) is 2.04. The van der Waals surface area contributed by atoms with Gasteiger partial charge in [-0.2, -0.15) is 0 Å². The molecule has 0 aliphatic heterocycles. The van der Waals surface area contributed by atoms with Crippen LogP contribution in [0.1, 0.15) is 23.6 Å². The monoisotopic (exact) mass is 361 g/mol. The first-order valence-corrected chi connectivity index (χ1v) is 8.07. The van der Waals surface area contributed by atoms with Crippen molar-refractivity contribution in [3.63, 3.8) is 0 Å². The van der Waals surface area contributed by atoms with Gasteiger partial charge in [0.1, 0.15) is 5.75 Å². The standard InChI is InChI=1S/C18H20BrNO2/c1-4-14-6-8-17(16(19)10-14)22-11-18(21)20-15-7-5-12(2)13(3)9-15/h5-10H,4,11H2,1-3H3,(H,20,21). The van der Waals surface area contributed by atoms with Crippen LogP contribution < -0.4 is 10.1 Å². The highest BCUT2D eigenvalue weighted by Crippen LogP contribution is 2.26. The van der Waals surface area contributed by atoms with Crippen LogP contribution >= 0.6 is 15.9 Å². The number of hydrogen-bond donors (Lipinski definition) is 1. The van der Waals surface area contributed by atoms with Gasteiger partial charge in [0.25, 0.3) is 5.91 Å². The minimum Gasteiger partial charge on any atom is -0.483 e. The van der Waals surface area contributed by atoms with Crippen LogP contribution in [0.4, 0.5) is 5.69 Å². The quantitative estimate of drug-likeness (QED) is 0.841. The normalized spacial score (nSPS) is 10.4. The Bertz CT molecular complexity index is 683. The Hall–Kier alpha value is -1.81. The van der Waals surface area contributed by atoms with E-state index in [0.29, 0.717) is 5.75 Å². The Morgan fingerprint density at radius 2 is 1.91 bits per heavy atom. The summed E-state index contributed by atoms with van der Waals surface area (Å²) < 4.78 is 6.43. The summed E-state index contributed by atoms with van der Waals surface area (Å²) in [5, 5.41) is 2.84. The average molecular weight is 362 g/mol. The van der Waals surface area contributed by atoms with Crippen LogP contribution in [0, 0.1) is 13.8 Å². The second-order valence-electron chi connectivity index (χ2n) is 5.25. The van der Waals surface area contributed by atoms with Crippen LogP contribution in [0.25, 0.3) is 0 Å². The average Bonchev–Trinajstić information content (AvgIpc) is 2.49. The van der Waals surface area contributed by atoms with Gasteiger partial charge in [-0.15, -0.1) is 0 Å². The lowest BCUT2D eigenvalue weighted by atomic mass is 10.1. The number of nitrogens with one attached hydrogen (secondary N) is 1. The molecular formula is C18H20BrNO2. The molecule has 0 fully saturated rings. The van der Waals surface area contributed by atoms with Crippen LogP contribution in [-0.2, 0) is 11.2 Å². The van der Waals surface area contributed by atoms with Gasteiger partial charge in [0, 0.05) is 5.69 Å². The van der Waals surface area contributed by atoms with Gasteiger partial charge in [0.05, 0.1) is 4.47 Å². The summed E-state index contributed by atoms with van der Waals surface area (Å²) in [7, 11) is 0. The molecule has 0 bridgehead atoms. The molecule has 22 heavy (non-hydrogen) atoms. The van der Waals surface area contributed by atoms with E-state index in [-0.39, 0.29) is 12.5 Å². The summed E-state index contributed by atoms with van der Waals surface area (Å²) in [6, 6.07) is 11.7. The number of carbonyl (C=O) groups excluding carboxylic acids is 1. The van der Waals surface area contributed by atoms with Crippen molar-refractivity contribution in [2.75, 3.05) is 11.9 Å². The Labute approximate surface area is 139 Å². The maximum atomic E-state index is 12.0. The fourth-order valence-corrected chi connectivity index (χ4v) is 2.58. The van der Waals surface area contributed by atoms with E-state index in [9.17, 15) is 4.79 Å². The van der Waals surface area contributed by atoms with E-state index in [1.165, 1.54) is 11.1 Å². The Balaban J connectivity index is 1.93. The van der Waals surface area contributed by atoms with Gasteiger partial charge in [-0.05, 0) is 77.2 Å². The van der Waals surface area contributed by atoms with Gasteiger partial charge in [-0.25, -0.2) is 0 Å². The third kappa shape index (κ3) is 4.34. The molecule has 0 aliphatic rings. The molecule has 3 nitrogen and oxygen atoms in total. The first-order chi connectivity index (χ1) is 10.5. The van der Waals surface area contributed by atoms with E-state index < -0.39 is 0 Å². The molecule has 0 saturated carbocycles. The fraction of sp³-hybridized carbons (Fsp3) is 0.278. The van der Waals surface area contributed by atoms with Crippen molar-refractivity contribution in [2.24, 2.45) is 0 Å². The number of halogens is 1. The number of amides is 1. The molecule has 0 aromatic heterocycles. The summed E-state index contributed by atoms with van der Waals surface area (Å²) >= 11 is 3.47. The second kappa shape index (κ2) is 7.45. The molecule has 2 aromatic rings. The van der Waals surface area contributed by atoms with Crippen molar-refractivity contribution < 1.29 is 9.53 Å².